The standard InChI is InChI=1S/C16H18ClN3O2/c1-11-9-14(12(2)22-11)16(21)20-7-5-19(6-8-20)13-3-4-18-15(17)10-13/h3-4,9-10H,5-8H2,1-2H3. The van der Waals surface area contributed by atoms with E-state index in [1.54, 1.807) is 6.20 Å². The van der Waals surface area contributed by atoms with E-state index in [2.05, 4.69) is 9.88 Å². The van der Waals surface area contributed by atoms with Crippen molar-refractivity contribution in [2.45, 2.75) is 13.8 Å². The Balaban J connectivity index is 1.67. The first-order chi connectivity index (χ1) is 10.5. The van der Waals surface area contributed by atoms with Gasteiger partial charge < -0.3 is 14.2 Å². The monoisotopic (exact) mass is 319 g/mol. The molecular formula is C16H18ClN3O2. The van der Waals surface area contributed by atoms with E-state index in [4.69, 9.17) is 16.0 Å². The van der Waals surface area contributed by atoms with E-state index in [-0.39, 0.29) is 5.91 Å². The normalized spacial score (nSPS) is 15.2. The molecule has 2 aromatic heterocycles. The zero-order valence-corrected chi connectivity index (χ0v) is 13.4. The number of furan rings is 1. The third kappa shape index (κ3) is 2.95. The smallest absolute Gasteiger partial charge is 0.257 e. The maximum atomic E-state index is 12.5. The molecule has 0 unspecified atom stereocenters. The molecule has 1 aliphatic heterocycles. The molecule has 0 spiro atoms. The lowest BCUT2D eigenvalue weighted by molar-refractivity contribution is 0.0745. The molecule has 0 atom stereocenters. The highest BCUT2D eigenvalue weighted by molar-refractivity contribution is 6.29. The van der Waals surface area contributed by atoms with Crippen LogP contribution in [0.25, 0.3) is 0 Å². The Morgan fingerprint density at radius 1 is 1.23 bits per heavy atom. The van der Waals surface area contributed by atoms with Crippen molar-refractivity contribution in [3.63, 3.8) is 0 Å². The molecule has 22 heavy (non-hydrogen) atoms. The van der Waals surface area contributed by atoms with E-state index in [1.807, 2.05) is 36.9 Å². The van der Waals surface area contributed by atoms with Crippen LogP contribution in [0.4, 0.5) is 5.69 Å². The second kappa shape index (κ2) is 6.01. The van der Waals surface area contributed by atoms with Gasteiger partial charge >= 0.3 is 0 Å². The Morgan fingerprint density at radius 2 is 1.95 bits per heavy atom. The minimum Gasteiger partial charge on any atom is -0.466 e. The van der Waals surface area contributed by atoms with Crippen molar-refractivity contribution in [1.29, 1.82) is 0 Å². The lowest BCUT2D eigenvalue weighted by atomic mass is 10.2. The predicted molar refractivity (Wildman–Crippen MR) is 85.5 cm³/mol. The van der Waals surface area contributed by atoms with Crippen molar-refractivity contribution in [2.75, 3.05) is 31.1 Å². The van der Waals surface area contributed by atoms with Crippen LogP contribution in [-0.2, 0) is 0 Å². The lowest BCUT2D eigenvalue weighted by Gasteiger charge is -2.36. The van der Waals surface area contributed by atoms with Gasteiger partial charge in [-0.05, 0) is 32.0 Å². The fourth-order valence-electron chi connectivity index (χ4n) is 2.77. The highest BCUT2D eigenvalue weighted by Gasteiger charge is 2.24. The van der Waals surface area contributed by atoms with Crippen LogP contribution >= 0.6 is 11.6 Å². The molecule has 5 nitrogen and oxygen atoms in total. The Bertz CT molecular complexity index is 690. The van der Waals surface area contributed by atoms with Gasteiger partial charge in [0, 0.05) is 38.1 Å². The number of amides is 1. The molecule has 0 aromatic carbocycles. The topological polar surface area (TPSA) is 49.6 Å². The van der Waals surface area contributed by atoms with Crippen LogP contribution in [-0.4, -0.2) is 42.0 Å². The first-order valence-corrected chi connectivity index (χ1v) is 7.65. The van der Waals surface area contributed by atoms with Crippen LogP contribution in [0.5, 0.6) is 0 Å². The van der Waals surface area contributed by atoms with Gasteiger partial charge in [0.05, 0.1) is 5.56 Å². The molecule has 1 saturated heterocycles. The molecule has 0 N–H and O–H groups in total. The first-order valence-electron chi connectivity index (χ1n) is 7.27. The van der Waals surface area contributed by atoms with Crippen molar-refractivity contribution in [3.8, 4) is 0 Å². The molecule has 2 aromatic rings. The molecular weight excluding hydrogens is 302 g/mol. The summed E-state index contributed by atoms with van der Waals surface area (Å²) in [5.41, 5.74) is 1.71. The number of carbonyl (C=O) groups is 1. The van der Waals surface area contributed by atoms with Crippen LogP contribution in [0, 0.1) is 13.8 Å². The Labute approximate surface area is 134 Å². The number of anilines is 1. The van der Waals surface area contributed by atoms with Gasteiger partial charge in [0.2, 0.25) is 0 Å². The summed E-state index contributed by atoms with van der Waals surface area (Å²) in [4.78, 5) is 20.6. The quantitative estimate of drug-likeness (QED) is 0.799. The molecule has 0 saturated carbocycles. The molecule has 116 valence electrons. The average Bonchev–Trinajstić information content (AvgIpc) is 2.85. The summed E-state index contributed by atoms with van der Waals surface area (Å²) in [5, 5.41) is 0.487. The molecule has 0 radical (unpaired) electrons. The third-order valence-corrected chi connectivity index (χ3v) is 4.12. The molecule has 1 fully saturated rings. The van der Waals surface area contributed by atoms with Gasteiger partial charge in [-0.15, -0.1) is 0 Å². The summed E-state index contributed by atoms with van der Waals surface area (Å²) in [7, 11) is 0. The van der Waals surface area contributed by atoms with E-state index in [9.17, 15) is 4.79 Å². The molecule has 3 heterocycles. The Kier molecular flexibility index (Phi) is 4.07. The van der Waals surface area contributed by atoms with Crippen molar-refractivity contribution in [3.05, 3.63) is 46.6 Å². The average molecular weight is 320 g/mol. The van der Waals surface area contributed by atoms with Gasteiger partial charge in [-0.2, -0.15) is 0 Å². The highest BCUT2D eigenvalue weighted by atomic mass is 35.5. The number of nitrogens with zero attached hydrogens (tertiary/aromatic N) is 3. The number of aryl methyl sites for hydroxylation is 2. The fraction of sp³-hybridized carbons (Fsp3) is 0.375. The zero-order chi connectivity index (χ0) is 15.7. The predicted octanol–water partition coefficient (Wildman–Crippen LogP) is 2.91. The van der Waals surface area contributed by atoms with Gasteiger partial charge in [-0.3, -0.25) is 4.79 Å². The first kappa shape index (κ1) is 14.9. The van der Waals surface area contributed by atoms with Gasteiger partial charge in [-0.25, -0.2) is 4.98 Å². The second-order valence-electron chi connectivity index (χ2n) is 5.44. The van der Waals surface area contributed by atoms with Gasteiger partial charge in [0.15, 0.2) is 0 Å². The number of hydrogen-bond acceptors (Lipinski definition) is 4. The maximum Gasteiger partial charge on any atom is 0.257 e. The molecule has 3 rings (SSSR count). The number of rotatable bonds is 2. The number of pyridine rings is 1. The van der Waals surface area contributed by atoms with Crippen molar-refractivity contribution < 1.29 is 9.21 Å². The van der Waals surface area contributed by atoms with E-state index >= 15 is 0 Å². The summed E-state index contributed by atoms with van der Waals surface area (Å²) in [6.45, 7) is 6.61. The van der Waals surface area contributed by atoms with Crippen LogP contribution < -0.4 is 4.90 Å². The van der Waals surface area contributed by atoms with E-state index in [0.29, 0.717) is 29.6 Å². The lowest BCUT2D eigenvalue weighted by Crippen LogP contribution is -2.48. The number of piperazine rings is 1. The summed E-state index contributed by atoms with van der Waals surface area (Å²) < 4.78 is 5.45. The summed E-state index contributed by atoms with van der Waals surface area (Å²) in [5.74, 6) is 1.50. The molecule has 1 amide bonds. The molecule has 0 aliphatic carbocycles. The Morgan fingerprint density at radius 3 is 2.55 bits per heavy atom. The van der Waals surface area contributed by atoms with Crippen LogP contribution in [0.3, 0.4) is 0 Å². The fourth-order valence-corrected chi connectivity index (χ4v) is 2.94. The van der Waals surface area contributed by atoms with Crippen molar-refractivity contribution in [1.82, 2.24) is 9.88 Å². The SMILES string of the molecule is Cc1cc(C(=O)N2CCN(c3ccnc(Cl)c3)CC2)c(C)o1. The number of halogens is 1. The third-order valence-electron chi connectivity index (χ3n) is 3.91. The van der Waals surface area contributed by atoms with E-state index < -0.39 is 0 Å². The summed E-state index contributed by atoms with van der Waals surface area (Å²) in [6, 6.07) is 5.60. The van der Waals surface area contributed by atoms with Crippen LogP contribution in [0.1, 0.15) is 21.9 Å². The Hall–Kier alpha value is -2.01. The number of hydrogen-bond donors (Lipinski definition) is 0. The van der Waals surface area contributed by atoms with E-state index in [1.165, 1.54) is 0 Å². The van der Waals surface area contributed by atoms with Gasteiger partial charge in [-0.1, -0.05) is 11.6 Å². The van der Waals surface area contributed by atoms with Crippen molar-refractivity contribution >= 4 is 23.2 Å². The largest absolute Gasteiger partial charge is 0.466 e. The summed E-state index contributed by atoms with van der Waals surface area (Å²) in [6.07, 6.45) is 1.70. The van der Waals surface area contributed by atoms with Crippen LogP contribution in [0.15, 0.2) is 28.8 Å². The van der Waals surface area contributed by atoms with Crippen LogP contribution in [0.2, 0.25) is 5.15 Å². The molecule has 0 bridgehead atoms. The highest BCUT2D eigenvalue weighted by Crippen LogP contribution is 2.21. The summed E-state index contributed by atoms with van der Waals surface area (Å²) >= 11 is 5.93. The maximum absolute atomic E-state index is 12.5. The van der Waals surface area contributed by atoms with Gasteiger partial charge in [0.25, 0.3) is 5.91 Å². The molecule has 6 heteroatoms. The number of carbonyl (C=O) groups excluding carboxylic acids is 1. The number of aromatic nitrogens is 1. The minimum absolute atomic E-state index is 0.0433. The zero-order valence-electron chi connectivity index (χ0n) is 12.7. The van der Waals surface area contributed by atoms with E-state index in [0.717, 1.165) is 24.5 Å². The second-order valence-corrected chi connectivity index (χ2v) is 5.83. The van der Waals surface area contributed by atoms with Gasteiger partial charge in [0.1, 0.15) is 16.7 Å². The van der Waals surface area contributed by atoms with Crippen molar-refractivity contribution in [2.24, 2.45) is 0 Å². The molecule has 1 aliphatic rings. The minimum atomic E-state index is 0.0433.